The molecular weight excluding hydrogens is 406 g/mol. The SMILES string of the molecule is CCOc1ccc(C(=O)N2CCC(c3noc(-c4ccccc4C)n3)CC2)cc1OCC. The van der Waals surface area contributed by atoms with Gasteiger partial charge in [0.15, 0.2) is 17.3 Å². The number of likely N-dealkylation sites (tertiary alicyclic amines) is 1. The summed E-state index contributed by atoms with van der Waals surface area (Å²) in [5.74, 6) is 2.71. The second-order valence-corrected chi connectivity index (χ2v) is 7.87. The van der Waals surface area contributed by atoms with Crippen molar-refractivity contribution in [1.29, 1.82) is 0 Å². The minimum absolute atomic E-state index is 0.00108. The molecule has 3 aromatic rings. The number of piperidine rings is 1. The van der Waals surface area contributed by atoms with E-state index in [1.54, 1.807) is 18.2 Å². The first-order valence-corrected chi connectivity index (χ1v) is 11.2. The van der Waals surface area contributed by atoms with E-state index < -0.39 is 0 Å². The predicted octanol–water partition coefficient (Wildman–Crippen LogP) is 4.86. The van der Waals surface area contributed by atoms with Crippen molar-refractivity contribution in [3.8, 4) is 23.0 Å². The van der Waals surface area contributed by atoms with Crippen molar-refractivity contribution < 1.29 is 18.8 Å². The maximum Gasteiger partial charge on any atom is 0.258 e. The number of nitrogens with zero attached hydrogens (tertiary/aromatic N) is 3. The number of ether oxygens (including phenoxy) is 2. The van der Waals surface area contributed by atoms with Crippen molar-refractivity contribution in [1.82, 2.24) is 15.0 Å². The number of carbonyl (C=O) groups excluding carboxylic acids is 1. The topological polar surface area (TPSA) is 77.7 Å². The van der Waals surface area contributed by atoms with Gasteiger partial charge in [0.1, 0.15) is 0 Å². The van der Waals surface area contributed by atoms with Crippen LogP contribution in [0.5, 0.6) is 11.5 Å². The Bertz CT molecular complexity index is 1070. The van der Waals surface area contributed by atoms with Gasteiger partial charge >= 0.3 is 0 Å². The molecule has 4 rings (SSSR count). The largest absolute Gasteiger partial charge is 0.490 e. The summed E-state index contributed by atoms with van der Waals surface area (Å²) in [5, 5.41) is 4.22. The lowest BCUT2D eigenvalue weighted by Gasteiger charge is -2.30. The Kier molecular flexibility index (Phi) is 6.73. The lowest BCUT2D eigenvalue weighted by atomic mass is 9.95. The van der Waals surface area contributed by atoms with Crippen LogP contribution in [0.3, 0.4) is 0 Å². The zero-order valence-electron chi connectivity index (χ0n) is 18.8. The average molecular weight is 436 g/mol. The number of carbonyl (C=O) groups is 1. The zero-order chi connectivity index (χ0) is 22.5. The summed E-state index contributed by atoms with van der Waals surface area (Å²) in [5.41, 5.74) is 2.67. The molecular formula is C25H29N3O4. The average Bonchev–Trinajstić information content (AvgIpc) is 3.30. The third-order valence-electron chi connectivity index (χ3n) is 5.75. The first-order chi connectivity index (χ1) is 15.6. The molecule has 1 saturated heterocycles. The van der Waals surface area contributed by atoms with Gasteiger partial charge in [-0.1, -0.05) is 23.4 Å². The molecule has 1 aliphatic heterocycles. The summed E-state index contributed by atoms with van der Waals surface area (Å²) < 4.78 is 16.8. The van der Waals surface area contributed by atoms with Crippen LogP contribution in [0.4, 0.5) is 0 Å². The molecule has 1 amide bonds. The summed E-state index contributed by atoms with van der Waals surface area (Å²) in [6.45, 7) is 8.22. The van der Waals surface area contributed by atoms with Gasteiger partial charge in [-0.3, -0.25) is 4.79 Å². The first-order valence-electron chi connectivity index (χ1n) is 11.2. The summed E-state index contributed by atoms with van der Waals surface area (Å²) in [6, 6.07) is 13.4. The minimum atomic E-state index is 0.00108. The fourth-order valence-electron chi connectivity index (χ4n) is 4.03. The molecule has 1 aliphatic rings. The van der Waals surface area contributed by atoms with Crippen LogP contribution in [0.25, 0.3) is 11.5 Å². The monoisotopic (exact) mass is 435 g/mol. The second kappa shape index (κ2) is 9.85. The van der Waals surface area contributed by atoms with Crippen molar-refractivity contribution in [3.63, 3.8) is 0 Å². The summed E-state index contributed by atoms with van der Waals surface area (Å²) in [6.07, 6.45) is 1.60. The Labute approximate surface area is 188 Å². The van der Waals surface area contributed by atoms with Crippen LogP contribution in [0.1, 0.15) is 54.4 Å². The second-order valence-electron chi connectivity index (χ2n) is 7.87. The van der Waals surface area contributed by atoms with E-state index in [1.807, 2.05) is 49.9 Å². The van der Waals surface area contributed by atoms with Crippen molar-refractivity contribution in [2.45, 2.75) is 39.5 Å². The molecule has 0 radical (unpaired) electrons. The molecule has 2 heterocycles. The molecule has 0 atom stereocenters. The zero-order valence-corrected chi connectivity index (χ0v) is 18.8. The molecule has 2 aromatic carbocycles. The molecule has 0 saturated carbocycles. The Morgan fingerprint density at radius 3 is 2.50 bits per heavy atom. The Morgan fingerprint density at radius 1 is 1.06 bits per heavy atom. The Balaban J connectivity index is 1.41. The molecule has 0 unspecified atom stereocenters. The maximum atomic E-state index is 13.1. The van der Waals surface area contributed by atoms with Gasteiger partial charge in [-0.15, -0.1) is 0 Å². The Hall–Kier alpha value is -3.35. The van der Waals surface area contributed by atoms with E-state index in [0.717, 1.165) is 29.8 Å². The van der Waals surface area contributed by atoms with Gasteiger partial charge in [0.2, 0.25) is 0 Å². The van der Waals surface area contributed by atoms with E-state index >= 15 is 0 Å². The van der Waals surface area contributed by atoms with Crippen LogP contribution in [0.15, 0.2) is 47.0 Å². The van der Waals surface area contributed by atoms with Crippen LogP contribution < -0.4 is 9.47 Å². The van der Waals surface area contributed by atoms with Crippen molar-refractivity contribution in [3.05, 3.63) is 59.4 Å². The van der Waals surface area contributed by atoms with Gasteiger partial charge in [-0.05, 0) is 63.4 Å². The van der Waals surface area contributed by atoms with Crippen LogP contribution in [-0.4, -0.2) is 47.3 Å². The highest BCUT2D eigenvalue weighted by Gasteiger charge is 2.28. The van der Waals surface area contributed by atoms with Crippen molar-refractivity contribution in [2.24, 2.45) is 0 Å². The van der Waals surface area contributed by atoms with E-state index in [4.69, 9.17) is 14.0 Å². The van der Waals surface area contributed by atoms with Crippen LogP contribution in [0.2, 0.25) is 0 Å². The third-order valence-corrected chi connectivity index (χ3v) is 5.75. The van der Waals surface area contributed by atoms with Crippen LogP contribution in [-0.2, 0) is 0 Å². The van der Waals surface area contributed by atoms with Crippen LogP contribution >= 0.6 is 0 Å². The molecule has 0 aliphatic carbocycles. The standard InChI is InChI=1S/C25H29N3O4/c1-4-30-21-11-10-19(16-22(21)31-5-2)25(29)28-14-12-18(13-15-28)23-26-24(32-27-23)20-9-7-6-8-17(20)3/h6-11,16,18H,4-5,12-15H2,1-3H3. The number of aryl methyl sites for hydroxylation is 1. The molecule has 7 nitrogen and oxygen atoms in total. The van der Waals surface area contributed by atoms with E-state index in [1.165, 1.54) is 0 Å². The number of hydrogen-bond donors (Lipinski definition) is 0. The lowest BCUT2D eigenvalue weighted by Crippen LogP contribution is -2.38. The Morgan fingerprint density at radius 2 is 1.78 bits per heavy atom. The van der Waals surface area contributed by atoms with E-state index in [2.05, 4.69) is 10.1 Å². The number of benzene rings is 2. The fraction of sp³-hybridized carbons (Fsp3) is 0.400. The lowest BCUT2D eigenvalue weighted by molar-refractivity contribution is 0.0710. The van der Waals surface area contributed by atoms with E-state index in [-0.39, 0.29) is 11.8 Å². The molecule has 32 heavy (non-hydrogen) atoms. The van der Waals surface area contributed by atoms with Crippen molar-refractivity contribution in [2.75, 3.05) is 26.3 Å². The van der Waals surface area contributed by atoms with Gasteiger partial charge in [0.25, 0.3) is 11.8 Å². The van der Waals surface area contributed by atoms with Crippen molar-refractivity contribution >= 4 is 5.91 Å². The van der Waals surface area contributed by atoms with Gasteiger partial charge in [0.05, 0.1) is 13.2 Å². The number of aromatic nitrogens is 2. The smallest absolute Gasteiger partial charge is 0.258 e. The first kappa shape index (κ1) is 21.9. The molecule has 1 aromatic heterocycles. The van der Waals surface area contributed by atoms with Gasteiger partial charge in [-0.2, -0.15) is 4.98 Å². The van der Waals surface area contributed by atoms with Gasteiger partial charge in [0, 0.05) is 30.1 Å². The highest BCUT2D eigenvalue weighted by molar-refractivity contribution is 5.95. The van der Waals surface area contributed by atoms with Gasteiger partial charge < -0.3 is 18.9 Å². The van der Waals surface area contributed by atoms with E-state index in [9.17, 15) is 4.79 Å². The number of amides is 1. The molecule has 7 heteroatoms. The summed E-state index contributed by atoms with van der Waals surface area (Å²) >= 11 is 0. The van der Waals surface area contributed by atoms with Gasteiger partial charge in [-0.25, -0.2) is 0 Å². The molecule has 0 N–H and O–H groups in total. The molecule has 1 fully saturated rings. The summed E-state index contributed by atoms with van der Waals surface area (Å²) in [7, 11) is 0. The normalized spacial score (nSPS) is 14.4. The number of hydrogen-bond acceptors (Lipinski definition) is 6. The maximum absolute atomic E-state index is 13.1. The molecule has 0 bridgehead atoms. The molecule has 0 spiro atoms. The quantitative estimate of drug-likeness (QED) is 0.527. The van der Waals surface area contributed by atoms with E-state index in [0.29, 0.717) is 49.3 Å². The van der Waals surface area contributed by atoms with Crippen LogP contribution in [0, 0.1) is 6.92 Å². The predicted molar refractivity (Wildman–Crippen MR) is 121 cm³/mol. The summed E-state index contributed by atoms with van der Waals surface area (Å²) in [4.78, 5) is 19.6. The molecule has 168 valence electrons. The minimum Gasteiger partial charge on any atom is -0.490 e. The number of rotatable bonds is 7. The highest BCUT2D eigenvalue weighted by atomic mass is 16.5. The third kappa shape index (κ3) is 4.61. The highest BCUT2D eigenvalue weighted by Crippen LogP contribution is 2.32. The fourth-order valence-corrected chi connectivity index (χ4v) is 4.03.